The van der Waals surface area contributed by atoms with E-state index in [4.69, 9.17) is 0 Å². The predicted octanol–water partition coefficient (Wildman–Crippen LogP) is 5.19. The van der Waals surface area contributed by atoms with Gasteiger partial charge in [0.25, 0.3) is 11.8 Å². The molecule has 3 rings (SSSR count). The molecule has 0 aliphatic heterocycles. The Morgan fingerprint density at radius 2 is 1.58 bits per heavy atom. The molecule has 134 valence electrons. The summed E-state index contributed by atoms with van der Waals surface area (Å²) in [6.45, 7) is 4.18. The van der Waals surface area contributed by atoms with Crippen molar-refractivity contribution in [3.8, 4) is 0 Å². The minimum Gasteiger partial charge on any atom is -0.344 e. The molecule has 2 heterocycles. The van der Waals surface area contributed by atoms with Gasteiger partial charge in [-0.2, -0.15) is 0 Å². The van der Waals surface area contributed by atoms with Crippen molar-refractivity contribution in [3.05, 3.63) is 74.6 Å². The summed E-state index contributed by atoms with van der Waals surface area (Å²) >= 11 is 3.03. The van der Waals surface area contributed by atoms with Gasteiger partial charge in [-0.1, -0.05) is 26.0 Å². The number of benzene rings is 1. The summed E-state index contributed by atoms with van der Waals surface area (Å²) in [5, 5.41) is 9.81. The van der Waals surface area contributed by atoms with Gasteiger partial charge in [0.1, 0.15) is 0 Å². The molecule has 0 aliphatic rings. The summed E-state index contributed by atoms with van der Waals surface area (Å²) in [6.07, 6.45) is 0. The maximum absolute atomic E-state index is 12.6. The van der Waals surface area contributed by atoms with E-state index in [-0.39, 0.29) is 17.9 Å². The van der Waals surface area contributed by atoms with E-state index in [9.17, 15) is 9.59 Å². The number of carbonyl (C=O) groups is 2. The first-order valence-corrected chi connectivity index (χ1v) is 10.1. The van der Waals surface area contributed by atoms with Crippen LogP contribution in [0.5, 0.6) is 0 Å². The summed E-state index contributed by atoms with van der Waals surface area (Å²) in [5.41, 5.74) is 1.24. The first kappa shape index (κ1) is 18.4. The molecule has 2 aromatic heterocycles. The molecule has 6 heteroatoms. The molecule has 0 radical (unpaired) electrons. The van der Waals surface area contributed by atoms with Crippen LogP contribution >= 0.6 is 22.7 Å². The maximum atomic E-state index is 12.6. The summed E-state index contributed by atoms with van der Waals surface area (Å²) in [6, 6.07) is 14.6. The van der Waals surface area contributed by atoms with Crippen molar-refractivity contribution in [3.63, 3.8) is 0 Å². The van der Waals surface area contributed by atoms with Crippen molar-refractivity contribution in [2.45, 2.75) is 19.9 Å². The Hall–Kier alpha value is -2.44. The van der Waals surface area contributed by atoms with Gasteiger partial charge in [-0.3, -0.25) is 9.59 Å². The zero-order chi connectivity index (χ0) is 18.5. The minimum absolute atomic E-state index is 0.0132. The lowest BCUT2D eigenvalue weighted by Crippen LogP contribution is -2.31. The summed E-state index contributed by atoms with van der Waals surface area (Å²) in [5.74, 6) is 0.0324. The molecule has 3 aromatic rings. The largest absolute Gasteiger partial charge is 0.344 e. The lowest BCUT2D eigenvalue weighted by molar-refractivity contribution is 0.0926. The Morgan fingerprint density at radius 1 is 0.885 bits per heavy atom. The van der Waals surface area contributed by atoms with Crippen LogP contribution in [0, 0.1) is 5.92 Å². The number of carbonyl (C=O) groups excluding carboxylic acids is 2. The Labute approximate surface area is 160 Å². The second-order valence-electron chi connectivity index (χ2n) is 6.22. The number of anilines is 1. The van der Waals surface area contributed by atoms with E-state index >= 15 is 0 Å². The van der Waals surface area contributed by atoms with Crippen molar-refractivity contribution in [2.75, 3.05) is 5.32 Å². The fourth-order valence-electron chi connectivity index (χ4n) is 2.56. The first-order valence-electron chi connectivity index (χ1n) is 8.34. The van der Waals surface area contributed by atoms with Crippen molar-refractivity contribution < 1.29 is 9.59 Å². The molecule has 2 N–H and O–H groups in total. The highest BCUT2D eigenvalue weighted by atomic mass is 32.1. The Morgan fingerprint density at radius 3 is 2.15 bits per heavy atom. The lowest BCUT2D eigenvalue weighted by Gasteiger charge is -2.21. The van der Waals surface area contributed by atoms with Gasteiger partial charge in [0.2, 0.25) is 0 Å². The molecule has 1 aromatic carbocycles. The third kappa shape index (κ3) is 4.39. The van der Waals surface area contributed by atoms with Crippen molar-refractivity contribution >= 4 is 40.2 Å². The van der Waals surface area contributed by atoms with Gasteiger partial charge in [-0.15, -0.1) is 22.7 Å². The van der Waals surface area contributed by atoms with Crippen molar-refractivity contribution in [1.82, 2.24) is 5.32 Å². The molecule has 0 bridgehead atoms. The van der Waals surface area contributed by atoms with Crippen LogP contribution in [-0.4, -0.2) is 11.8 Å². The first-order chi connectivity index (χ1) is 12.5. The van der Waals surface area contributed by atoms with Crippen LogP contribution in [0.3, 0.4) is 0 Å². The normalized spacial score (nSPS) is 12.0. The topological polar surface area (TPSA) is 58.2 Å². The van der Waals surface area contributed by atoms with E-state index in [2.05, 4.69) is 24.5 Å². The van der Waals surface area contributed by atoms with Gasteiger partial charge in [0, 0.05) is 16.1 Å². The second kappa shape index (κ2) is 8.29. The number of thiophene rings is 2. The molecule has 0 unspecified atom stereocenters. The highest BCUT2D eigenvalue weighted by molar-refractivity contribution is 7.12. The maximum Gasteiger partial charge on any atom is 0.265 e. The summed E-state index contributed by atoms with van der Waals surface area (Å²) < 4.78 is 0. The van der Waals surface area contributed by atoms with Gasteiger partial charge in [0.15, 0.2) is 0 Å². The van der Waals surface area contributed by atoms with Gasteiger partial charge >= 0.3 is 0 Å². The highest BCUT2D eigenvalue weighted by Crippen LogP contribution is 2.26. The molecule has 0 saturated carbocycles. The third-order valence-electron chi connectivity index (χ3n) is 3.95. The van der Waals surface area contributed by atoms with Crippen LogP contribution in [0.15, 0.2) is 59.3 Å². The lowest BCUT2D eigenvalue weighted by atomic mass is 10.0. The van der Waals surface area contributed by atoms with Crippen LogP contribution in [0.2, 0.25) is 0 Å². The molecule has 26 heavy (non-hydrogen) atoms. The quantitative estimate of drug-likeness (QED) is 0.614. The van der Waals surface area contributed by atoms with Crippen molar-refractivity contribution in [1.29, 1.82) is 0 Å². The Bertz CT molecular complexity index is 854. The van der Waals surface area contributed by atoms with Crippen LogP contribution in [0.25, 0.3) is 0 Å². The molecule has 0 saturated heterocycles. The standard InChI is InChI=1S/C20H20N2O2S2/c1-13(2)18(16-5-3-11-25-16)22-19(23)14-7-9-15(10-8-14)21-20(24)17-6-4-12-26-17/h3-13,18H,1-2H3,(H,21,24)(H,22,23)/t18-/m1/s1. The number of hydrogen-bond donors (Lipinski definition) is 2. The molecule has 0 aliphatic carbocycles. The fraction of sp³-hybridized carbons (Fsp3) is 0.200. The van der Waals surface area contributed by atoms with E-state index in [1.807, 2.05) is 29.0 Å². The molecule has 2 amide bonds. The van der Waals surface area contributed by atoms with Crippen LogP contribution < -0.4 is 10.6 Å². The zero-order valence-electron chi connectivity index (χ0n) is 14.6. The average molecular weight is 385 g/mol. The Balaban J connectivity index is 1.66. The third-order valence-corrected chi connectivity index (χ3v) is 5.78. The van der Waals surface area contributed by atoms with Crippen LogP contribution in [0.1, 0.15) is 44.8 Å². The van der Waals surface area contributed by atoms with E-state index < -0.39 is 0 Å². The van der Waals surface area contributed by atoms with E-state index in [1.54, 1.807) is 41.7 Å². The zero-order valence-corrected chi connectivity index (χ0v) is 16.2. The van der Waals surface area contributed by atoms with E-state index in [0.717, 1.165) is 4.88 Å². The highest BCUT2D eigenvalue weighted by Gasteiger charge is 2.20. The fourth-order valence-corrected chi connectivity index (χ4v) is 4.13. The average Bonchev–Trinajstić information content (AvgIpc) is 3.33. The van der Waals surface area contributed by atoms with Gasteiger partial charge in [-0.05, 0) is 53.1 Å². The molecular weight excluding hydrogens is 364 g/mol. The van der Waals surface area contributed by atoms with Gasteiger partial charge < -0.3 is 10.6 Å². The smallest absolute Gasteiger partial charge is 0.265 e. The summed E-state index contributed by atoms with van der Waals surface area (Å²) in [7, 11) is 0. The monoisotopic (exact) mass is 384 g/mol. The molecule has 4 nitrogen and oxygen atoms in total. The van der Waals surface area contributed by atoms with E-state index in [1.165, 1.54) is 11.3 Å². The number of rotatable bonds is 6. The molecule has 0 fully saturated rings. The molecular formula is C20H20N2O2S2. The minimum atomic E-state index is -0.144. The second-order valence-corrected chi connectivity index (χ2v) is 8.15. The Kier molecular flexibility index (Phi) is 5.85. The van der Waals surface area contributed by atoms with Crippen molar-refractivity contribution in [2.24, 2.45) is 5.92 Å². The number of amides is 2. The van der Waals surface area contributed by atoms with Gasteiger partial charge in [0.05, 0.1) is 10.9 Å². The summed E-state index contributed by atoms with van der Waals surface area (Å²) in [4.78, 5) is 26.5. The van der Waals surface area contributed by atoms with Crippen LogP contribution in [0.4, 0.5) is 5.69 Å². The van der Waals surface area contributed by atoms with E-state index in [0.29, 0.717) is 22.0 Å². The SMILES string of the molecule is CC(C)[C@@H](NC(=O)c1ccc(NC(=O)c2cccs2)cc1)c1cccs1. The van der Waals surface area contributed by atoms with Gasteiger partial charge in [-0.25, -0.2) is 0 Å². The van der Waals surface area contributed by atoms with Crippen LogP contribution in [-0.2, 0) is 0 Å². The number of hydrogen-bond acceptors (Lipinski definition) is 4. The number of nitrogens with one attached hydrogen (secondary N) is 2. The molecule has 1 atom stereocenters. The predicted molar refractivity (Wildman–Crippen MR) is 108 cm³/mol. The molecule has 0 spiro atoms.